The van der Waals surface area contributed by atoms with E-state index >= 15 is 0 Å². The van der Waals surface area contributed by atoms with Gasteiger partial charge in [-0.1, -0.05) is 36.7 Å². The van der Waals surface area contributed by atoms with E-state index in [0.717, 1.165) is 6.42 Å². The molecule has 4 nitrogen and oxygen atoms in total. The summed E-state index contributed by atoms with van der Waals surface area (Å²) in [6, 6.07) is 0. The number of nitrogens with zero attached hydrogens (tertiary/aromatic N) is 1. The van der Waals surface area contributed by atoms with Crippen LogP contribution < -0.4 is 0 Å². The molecular weight excluding hydrogens is 286 g/mol. The fraction of sp³-hybridized carbons (Fsp3) is 0.833. The molecule has 17 heavy (non-hydrogen) atoms. The minimum Gasteiger partial charge on any atom is -0.465 e. The molecule has 0 spiro atoms. The van der Waals surface area contributed by atoms with Crippen LogP contribution in [0.15, 0.2) is 0 Å². The summed E-state index contributed by atoms with van der Waals surface area (Å²) in [5.41, 5.74) is 0. The van der Waals surface area contributed by atoms with Crippen LogP contribution in [0.4, 0.5) is 0 Å². The molecule has 0 N–H and O–H groups in total. The first-order valence-corrected chi connectivity index (χ1v) is 6.94. The second-order valence-electron chi connectivity index (χ2n) is 4.21. The average molecular weight is 308 g/mol. The number of carbonyl (C=O) groups is 2. The van der Waals surface area contributed by atoms with Gasteiger partial charge in [0.25, 0.3) is 0 Å². The van der Waals surface area contributed by atoms with Gasteiger partial charge in [0.2, 0.25) is 5.91 Å². The van der Waals surface area contributed by atoms with Crippen molar-refractivity contribution in [1.29, 1.82) is 0 Å². The normalized spacial score (nSPS) is 12.4. The van der Waals surface area contributed by atoms with Crippen LogP contribution in [-0.4, -0.2) is 41.3 Å². The highest BCUT2D eigenvalue weighted by Crippen LogP contribution is 2.15. The number of amides is 1. The van der Waals surface area contributed by atoms with Gasteiger partial charge < -0.3 is 9.64 Å². The second-order valence-corrected chi connectivity index (χ2v) is 5.20. The van der Waals surface area contributed by atoms with Crippen molar-refractivity contribution >= 4 is 27.8 Å². The van der Waals surface area contributed by atoms with Crippen LogP contribution in [0.3, 0.4) is 0 Å². The third-order valence-corrected chi connectivity index (χ3v) is 3.70. The van der Waals surface area contributed by atoms with Gasteiger partial charge in [-0.15, -0.1) is 0 Å². The number of esters is 1. The Labute approximate surface area is 112 Å². The Morgan fingerprint density at radius 2 is 1.88 bits per heavy atom. The summed E-state index contributed by atoms with van der Waals surface area (Å²) in [4.78, 5) is 24.8. The standard InChI is InChI=1S/C12H22BrNO3/c1-5-7-14(8-10(15)17-6-2)12(16)11(13)9(3)4/h9,11H,5-8H2,1-4H3. The first-order chi connectivity index (χ1) is 7.93. The van der Waals surface area contributed by atoms with Gasteiger partial charge in [-0.2, -0.15) is 0 Å². The number of carbonyl (C=O) groups excluding carboxylic acids is 2. The van der Waals surface area contributed by atoms with Crippen LogP contribution >= 0.6 is 15.9 Å². The van der Waals surface area contributed by atoms with E-state index in [1.54, 1.807) is 11.8 Å². The van der Waals surface area contributed by atoms with Crippen LogP contribution in [0.5, 0.6) is 0 Å². The van der Waals surface area contributed by atoms with Gasteiger partial charge in [-0.25, -0.2) is 0 Å². The first kappa shape index (κ1) is 16.4. The maximum Gasteiger partial charge on any atom is 0.325 e. The molecule has 0 aromatic heterocycles. The summed E-state index contributed by atoms with van der Waals surface area (Å²) in [7, 11) is 0. The number of ether oxygens (including phenoxy) is 1. The van der Waals surface area contributed by atoms with Gasteiger partial charge in [0.15, 0.2) is 0 Å². The Bertz CT molecular complexity index is 256. The Kier molecular flexibility index (Phi) is 8.21. The lowest BCUT2D eigenvalue weighted by Gasteiger charge is -2.25. The maximum absolute atomic E-state index is 12.1. The zero-order valence-corrected chi connectivity index (χ0v) is 12.6. The number of hydrogen-bond acceptors (Lipinski definition) is 3. The summed E-state index contributed by atoms with van der Waals surface area (Å²) in [5, 5.41) is 0. The number of rotatable bonds is 7. The van der Waals surface area contributed by atoms with E-state index in [9.17, 15) is 9.59 Å². The number of hydrogen-bond donors (Lipinski definition) is 0. The molecule has 0 aromatic rings. The number of alkyl halides is 1. The molecule has 0 heterocycles. The lowest BCUT2D eigenvalue weighted by Crippen LogP contribution is -2.42. The van der Waals surface area contributed by atoms with Crippen molar-refractivity contribution in [2.24, 2.45) is 5.92 Å². The van der Waals surface area contributed by atoms with Crippen LogP contribution in [0.1, 0.15) is 34.1 Å². The van der Waals surface area contributed by atoms with Crippen LogP contribution in [0, 0.1) is 5.92 Å². The van der Waals surface area contributed by atoms with Crippen molar-refractivity contribution in [2.75, 3.05) is 19.7 Å². The Hall–Kier alpha value is -0.580. The van der Waals surface area contributed by atoms with Crippen LogP contribution in [-0.2, 0) is 14.3 Å². The molecule has 0 bridgehead atoms. The zero-order chi connectivity index (χ0) is 13.4. The lowest BCUT2D eigenvalue weighted by atomic mass is 10.1. The lowest BCUT2D eigenvalue weighted by molar-refractivity contribution is -0.149. The Balaban J connectivity index is 4.50. The molecule has 0 aromatic carbocycles. The third-order valence-electron chi connectivity index (χ3n) is 2.25. The molecule has 0 saturated heterocycles. The smallest absolute Gasteiger partial charge is 0.325 e. The molecular formula is C12H22BrNO3. The van der Waals surface area contributed by atoms with E-state index < -0.39 is 0 Å². The molecule has 1 amide bonds. The van der Waals surface area contributed by atoms with E-state index in [4.69, 9.17) is 4.74 Å². The van der Waals surface area contributed by atoms with Gasteiger partial charge in [0, 0.05) is 6.54 Å². The van der Waals surface area contributed by atoms with Gasteiger partial charge in [-0.3, -0.25) is 9.59 Å². The molecule has 0 rings (SSSR count). The third kappa shape index (κ3) is 6.05. The fourth-order valence-electron chi connectivity index (χ4n) is 1.36. The molecule has 0 aliphatic heterocycles. The molecule has 0 aliphatic rings. The van der Waals surface area contributed by atoms with Crippen molar-refractivity contribution in [2.45, 2.75) is 38.9 Å². The van der Waals surface area contributed by atoms with Crippen LogP contribution in [0.25, 0.3) is 0 Å². The molecule has 0 radical (unpaired) electrons. The van der Waals surface area contributed by atoms with E-state index in [2.05, 4.69) is 15.9 Å². The SMILES string of the molecule is CCCN(CC(=O)OCC)C(=O)C(Br)C(C)C. The van der Waals surface area contributed by atoms with E-state index in [-0.39, 0.29) is 29.2 Å². The minimum absolute atomic E-state index is 0.0370. The molecule has 0 aliphatic carbocycles. The minimum atomic E-state index is -0.349. The topological polar surface area (TPSA) is 46.6 Å². The van der Waals surface area contributed by atoms with Crippen molar-refractivity contribution in [1.82, 2.24) is 4.90 Å². The van der Waals surface area contributed by atoms with Gasteiger partial charge >= 0.3 is 5.97 Å². The quantitative estimate of drug-likeness (QED) is 0.535. The highest BCUT2D eigenvalue weighted by molar-refractivity contribution is 9.10. The number of halogens is 1. The fourth-order valence-corrected chi connectivity index (χ4v) is 1.65. The summed E-state index contributed by atoms with van der Waals surface area (Å²) in [6.07, 6.45) is 0.822. The van der Waals surface area contributed by atoms with Crippen LogP contribution in [0.2, 0.25) is 0 Å². The maximum atomic E-state index is 12.1. The van der Waals surface area contributed by atoms with E-state index in [1.807, 2.05) is 20.8 Å². The molecule has 100 valence electrons. The summed E-state index contributed by atoms with van der Waals surface area (Å²) in [5.74, 6) is -0.197. The first-order valence-electron chi connectivity index (χ1n) is 6.02. The molecule has 1 unspecified atom stereocenters. The highest BCUT2D eigenvalue weighted by Gasteiger charge is 2.25. The summed E-state index contributed by atoms with van der Waals surface area (Å²) >= 11 is 3.36. The van der Waals surface area contributed by atoms with Crippen molar-refractivity contribution in [3.8, 4) is 0 Å². The Morgan fingerprint density at radius 1 is 1.29 bits per heavy atom. The highest BCUT2D eigenvalue weighted by atomic mass is 79.9. The molecule has 0 fully saturated rings. The average Bonchev–Trinajstić information content (AvgIpc) is 2.26. The predicted octanol–water partition coefficient (Wildman–Crippen LogP) is 2.21. The van der Waals surface area contributed by atoms with Gasteiger partial charge in [0.05, 0.1) is 11.4 Å². The van der Waals surface area contributed by atoms with Crippen molar-refractivity contribution < 1.29 is 14.3 Å². The van der Waals surface area contributed by atoms with Gasteiger partial charge in [0.1, 0.15) is 6.54 Å². The van der Waals surface area contributed by atoms with Gasteiger partial charge in [-0.05, 0) is 19.3 Å². The summed E-state index contributed by atoms with van der Waals surface area (Å²) < 4.78 is 4.86. The molecule has 5 heteroatoms. The van der Waals surface area contributed by atoms with Crippen molar-refractivity contribution in [3.05, 3.63) is 0 Å². The predicted molar refractivity (Wildman–Crippen MR) is 71.1 cm³/mol. The summed E-state index contributed by atoms with van der Waals surface area (Å²) in [6.45, 7) is 8.61. The second kappa shape index (κ2) is 8.50. The van der Waals surface area contributed by atoms with Crippen molar-refractivity contribution in [3.63, 3.8) is 0 Å². The largest absolute Gasteiger partial charge is 0.465 e. The zero-order valence-electron chi connectivity index (χ0n) is 11.0. The monoisotopic (exact) mass is 307 g/mol. The molecule has 1 atom stereocenters. The molecule has 0 saturated carbocycles. The Morgan fingerprint density at radius 3 is 2.29 bits per heavy atom. The van der Waals surface area contributed by atoms with E-state index in [1.165, 1.54) is 0 Å². The van der Waals surface area contributed by atoms with E-state index in [0.29, 0.717) is 13.2 Å².